The van der Waals surface area contributed by atoms with E-state index in [-0.39, 0.29) is 11.7 Å². The zero-order valence-electron chi connectivity index (χ0n) is 7.86. The molecule has 0 aromatic rings. The lowest BCUT2D eigenvalue weighted by molar-refractivity contribution is 0.324. The Balaban J connectivity index is 2.13. The third-order valence-electron chi connectivity index (χ3n) is 2.36. The van der Waals surface area contributed by atoms with Gasteiger partial charge in [-0.3, -0.25) is 4.55 Å². The minimum absolute atomic E-state index is 0.0180. The van der Waals surface area contributed by atoms with Crippen molar-refractivity contribution in [3.8, 4) is 0 Å². The van der Waals surface area contributed by atoms with Crippen LogP contribution in [0.4, 0.5) is 0 Å². The Kier molecular flexibility index (Phi) is 3.70. The molecule has 78 valence electrons. The zero-order chi connectivity index (χ0) is 9.90. The van der Waals surface area contributed by atoms with E-state index < -0.39 is 10.1 Å². The van der Waals surface area contributed by atoms with Gasteiger partial charge in [0.15, 0.2) is 0 Å². The summed E-state index contributed by atoms with van der Waals surface area (Å²) < 4.78 is 29.6. The molecule has 5 heteroatoms. The summed E-state index contributed by atoms with van der Waals surface area (Å²) in [6.07, 6.45) is 3.65. The topological polar surface area (TPSA) is 66.4 Å². The lowest BCUT2D eigenvalue weighted by Crippen LogP contribution is -2.38. The van der Waals surface area contributed by atoms with Gasteiger partial charge in [-0.2, -0.15) is 8.42 Å². The van der Waals surface area contributed by atoms with E-state index in [1.807, 2.05) is 6.92 Å². The number of hydrogen-bond acceptors (Lipinski definition) is 3. The maximum absolute atomic E-state index is 10.5. The van der Waals surface area contributed by atoms with E-state index in [1.165, 1.54) is 19.3 Å². The summed E-state index contributed by atoms with van der Waals surface area (Å²) in [6.45, 7) is 2.49. The molecule has 1 aliphatic carbocycles. The molecule has 0 bridgehead atoms. The molecule has 1 fully saturated rings. The number of rotatable bonds is 5. The van der Waals surface area contributed by atoms with Crippen LogP contribution < -0.4 is 5.32 Å². The maximum atomic E-state index is 10.5. The molecule has 0 amide bonds. The van der Waals surface area contributed by atoms with Gasteiger partial charge in [-0.1, -0.05) is 13.3 Å². The van der Waals surface area contributed by atoms with Crippen LogP contribution in [0.3, 0.4) is 0 Å². The molecule has 1 rings (SSSR count). The maximum Gasteiger partial charge on any atom is 0.265 e. The van der Waals surface area contributed by atoms with Crippen molar-refractivity contribution >= 4 is 10.1 Å². The van der Waals surface area contributed by atoms with Crippen molar-refractivity contribution in [2.75, 3.05) is 12.3 Å². The molecule has 0 aliphatic heterocycles. The van der Waals surface area contributed by atoms with Crippen LogP contribution in [-0.4, -0.2) is 31.3 Å². The lowest BCUT2D eigenvalue weighted by atomic mass is 9.93. The van der Waals surface area contributed by atoms with Crippen molar-refractivity contribution in [3.63, 3.8) is 0 Å². The second-order valence-corrected chi connectivity index (χ2v) is 5.39. The number of nitrogens with one attached hydrogen (secondary N) is 1. The van der Waals surface area contributed by atoms with Gasteiger partial charge in [-0.25, -0.2) is 0 Å². The van der Waals surface area contributed by atoms with Crippen LogP contribution in [-0.2, 0) is 10.1 Å². The molecule has 0 aromatic carbocycles. The molecule has 0 aromatic heterocycles. The highest BCUT2D eigenvalue weighted by atomic mass is 32.2. The van der Waals surface area contributed by atoms with Crippen molar-refractivity contribution in [1.29, 1.82) is 0 Å². The van der Waals surface area contributed by atoms with E-state index in [0.29, 0.717) is 12.6 Å². The third kappa shape index (κ3) is 4.59. The normalized spacial score (nSPS) is 21.1. The Hall–Kier alpha value is -0.130. The molecular weight excluding hydrogens is 190 g/mol. The molecule has 4 nitrogen and oxygen atoms in total. The zero-order valence-corrected chi connectivity index (χ0v) is 8.68. The molecule has 1 saturated carbocycles. The van der Waals surface area contributed by atoms with Crippen molar-refractivity contribution < 1.29 is 13.0 Å². The second kappa shape index (κ2) is 4.39. The summed E-state index contributed by atoms with van der Waals surface area (Å²) in [5, 5.41) is 3.27. The van der Waals surface area contributed by atoms with Crippen LogP contribution in [0.15, 0.2) is 0 Å². The second-order valence-electron chi connectivity index (χ2n) is 3.89. The van der Waals surface area contributed by atoms with Crippen molar-refractivity contribution in [1.82, 2.24) is 5.32 Å². The smallest absolute Gasteiger partial charge is 0.265 e. The Labute approximate surface area is 79.5 Å². The predicted molar refractivity (Wildman–Crippen MR) is 51.2 cm³/mol. The Morgan fingerprint density at radius 2 is 2.15 bits per heavy atom. The summed E-state index contributed by atoms with van der Waals surface area (Å²) in [6, 6.07) is 0.573. The first-order valence-corrected chi connectivity index (χ1v) is 6.27. The summed E-state index contributed by atoms with van der Waals surface area (Å²) in [5.41, 5.74) is 0. The first-order chi connectivity index (χ1) is 5.97. The Bertz CT molecular complexity index is 246. The molecule has 0 saturated heterocycles. The van der Waals surface area contributed by atoms with Gasteiger partial charge in [0.2, 0.25) is 0 Å². The lowest BCUT2D eigenvalue weighted by Gasteiger charge is -2.27. The predicted octanol–water partition coefficient (Wildman–Crippen LogP) is 0.652. The molecule has 0 radical (unpaired) electrons. The van der Waals surface area contributed by atoms with Gasteiger partial charge in [0.1, 0.15) is 0 Å². The third-order valence-corrected chi connectivity index (χ3v) is 3.35. The van der Waals surface area contributed by atoms with Crippen molar-refractivity contribution in [2.24, 2.45) is 5.92 Å². The first-order valence-electron chi connectivity index (χ1n) is 4.66. The fraction of sp³-hybridized carbons (Fsp3) is 1.00. The molecule has 0 heterocycles. The summed E-state index contributed by atoms with van der Waals surface area (Å²) in [5.74, 6) is -0.164. The van der Waals surface area contributed by atoms with Crippen LogP contribution in [0, 0.1) is 5.92 Å². The van der Waals surface area contributed by atoms with E-state index in [4.69, 9.17) is 4.55 Å². The molecule has 1 aliphatic rings. The van der Waals surface area contributed by atoms with Crippen LogP contribution >= 0.6 is 0 Å². The quantitative estimate of drug-likeness (QED) is 0.650. The fourth-order valence-corrected chi connectivity index (χ4v) is 2.24. The van der Waals surface area contributed by atoms with Gasteiger partial charge in [0, 0.05) is 6.04 Å². The van der Waals surface area contributed by atoms with Gasteiger partial charge in [-0.05, 0) is 25.3 Å². The number of hydrogen-bond donors (Lipinski definition) is 2. The summed E-state index contributed by atoms with van der Waals surface area (Å²) in [7, 11) is -3.80. The van der Waals surface area contributed by atoms with Crippen LogP contribution in [0.1, 0.15) is 26.2 Å². The minimum atomic E-state index is -3.80. The summed E-state index contributed by atoms with van der Waals surface area (Å²) in [4.78, 5) is 0. The highest BCUT2D eigenvalue weighted by Crippen LogP contribution is 2.18. The van der Waals surface area contributed by atoms with Gasteiger partial charge in [0.25, 0.3) is 10.1 Å². The van der Waals surface area contributed by atoms with E-state index in [0.717, 1.165) is 0 Å². The molecule has 0 unspecified atom stereocenters. The van der Waals surface area contributed by atoms with Gasteiger partial charge < -0.3 is 5.32 Å². The Morgan fingerprint density at radius 3 is 2.54 bits per heavy atom. The van der Waals surface area contributed by atoms with Gasteiger partial charge in [-0.15, -0.1) is 0 Å². The SMILES string of the molecule is C[C@@H](CNC1CCC1)CS(=O)(=O)O. The van der Waals surface area contributed by atoms with Crippen LogP contribution in [0.25, 0.3) is 0 Å². The van der Waals surface area contributed by atoms with Crippen molar-refractivity contribution in [3.05, 3.63) is 0 Å². The molecule has 2 N–H and O–H groups in total. The largest absolute Gasteiger partial charge is 0.314 e. The van der Waals surface area contributed by atoms with Crippen LogP contribution in [0.2, 0.25) is 0 Å². The Morgan fingerprint density at radius 1 is 1.54 bits per heavy atom. The standard InChI is InChI=1S/C8H17NO3S/c1-7(6-13(10,11)12)5-9-8-3-2-4-8/h7-9H,2-6H2,1H3,(H,10,11,12)/t7-/m0/s1. The molecule has 1 atom stereocenters. The fourth-order valence-electron chi connectivity index (χ4n) is 1.40. The van der Waals surface area contributed by atoms with Gasteiger partial charge in [0.05, 0.1) is 5.75 Å². The average molecular weight is 207 g/mol. The minimum Gasteiger partial charge on any atom is -0.314 e. The van der Waals surface area contributed by atoms with Crippen LogP contribution in [0.5, 0.6) is 0 Å². The molecular formula is C8H17NO3S. The highest BCUT2D eigenvalue weighted by Gasteiger charge is 2.18. The summed E-state index contributed by atoms with van der Waals surface area (Å²) >= 11 is 0. The highest BCUT2D eigenvalue weighted by molar-refractivity contribution is 7.85. The van der Waals surface area contributed by atoms with E-state index >= 15 is 0 Å². The monoisotopic (exact) mass is 207 g/mol. The first kappa shape index (κ1) is 10.9. The molecule has 0 spiro atoms. The van der Waals surface area contributed by atoms with E-state index in [9.17, 15) is 8.42 Å². The van der Waals surface area contributed by atoms with E-state index in [2.05, 4.69) is 5.32 Å². The van der Waals surface area contributed by atoms with Crippen molar-refractivity contribution in [2.45, 2.75) is 32.2 Å². The average Bonchev–Trinajstić information content (AvgIpc) is 1.78. The van der Waals surface area contributed by atoms with E-state index in [1.54, 1.807) is 0 Å². The van der Waals surface area contributed by atoms with Gasteiger partial charge >= 0.3 is 0 Å². The molecule has 13 heavy (non-hydrogen) atoms.